The first-order valence-electron chi connectivity index (χ1n) is 6.13. The molecule has 1 aromatic heterocycles. The van der Waals surface area contributed by atoms with Crippen LogP contribution in [0.4, 0.5) is 0 Å². The minimum absolute atomic E-state index is 0.115. The highest BCUT2D eigenvalue weighted by molar-refractivity contribution is 14.1. The van der Waals surface area contributed by atoms with Gasteiger partial charge in [0.05, 0.1) is 5.52 Å². The second-order valence-electron chi connectivity index (χ2n) is 4.41. The molecule has 1 fully saturated rings. The molecule has 3 nitrogen and oxygen atoms in total. The zero-order valence-electron chi connectivity index (χ0n) is 10.2. The van der Waals surface area contributed by atoms with E-state index in [2.05, 4.69) is 51.7 Å². The summed E-state index contributed by atoms with van der Waals surface area (Å²) in [6.45, 7) is 0.853. The first kappa shape index (κ1) is 12.7. The molecule has 5 heteroatoms. The van der Waals surface area contributed by atoms with Gasteiger partial charge in [-0.05, 0) is 60.2 Å². The first-order chi connectivity index (χ1) is 8.81. The fraction of sp³-hybridized carbons (Fsp3) is 0.462. The van der Waals surface area contributed by atoms with Crippen molar-refractivity contribution in [1.29, 1.82) is 0 Å². The fourth-order valence-electron chi connectivity index (χ4n) is 2.39. The van der Waals surface area contributed by atoms with Crippen LogP contribution in [0.2, 0.25) is 0 Å². The summed E-state index contributed by atoms with van der Waals surface area (Å²) in [4.78, 5) is 0. The van der Waals surface area contributed by atoms with Crippen molar-refractivity contribution >= 4 is 45.3 Å². The van der Waals surface area contributed by atoms with Crippen molar-refractivity contribution < 1.29 is 4.74 Å². The van der Waals surface area contributed by atoms with Gasteiger partial charge < -0.3 is 4.74 Å². The SMILES string of the molecule is CSc1c2c(I)cccc2nn1C1CCCCO1. The second kappa shape index (κ2) is 5.38. The van der Waals surface area contributed by atoms with E-state index in [4.69, 9.17) is 9.84 Å². The second-order valence-corrected chi connectivity index (χ2v) is 6.37. The lowest BCUT2D eigenvalue weighted by molar-refractivity contribution is -0.0440. The summed E-state index contributed by atoms with van der Waals surface area (Å²) in [6, 6.07) is 6.28. The van der Waals surface area contributed by atoms with Crippen LogP contribution in [0.1, 0.15) is 25.5 Å². The van der Waals surface area contributed by atoms with Gasteiger partial charge in [-0.1, -0.05) is 6.07 Å². The van der Waals surface area contributed by atoms with E-state index >= 15 is 0 Å². The van der Waals surface area contributed by atoms with Gasteiger partial charge in [0.15, 0.2) is 6.23 Å². The van der Waals surface area contributed by atoms with E-state index in [1.165, 1.54) is 26.8 Å². The Hall–Kier alpha value is -0.270. The molecule has 1 unspecified atom stereocenters. The highest BCUT2D eigenvalue weighted by atomic mass is 127. The zero-order chi connectivity index (χ0) is 12.5. The zero-order valence-corrected chi connectivity index (χ0v) is 13.2. The van der Waals surface area contributed by atoms with Gasteiger partial charge in [-0.3, -0.25) is 0 Å². The fourth-order valence-corrected chi connectivity index (χ4v) is 4.08. The quantitative estimate of drug-likeness (QED) is 0.586. The summed E-state index contributed by atoms with van der Waals surface area (Å²) in [5.41, 5.74) is 1.07. The molecule has 1 saturated heterocycles. The van der Waals surface area contributed by atoms with Gasteiger partial charge in [-0.25, -0.2) is 4.68 Å². The van der Waals surface area contributed by atoms with Crippen LogP contribution >= 0.6 is 34.4 Å². The Bertz CT molecular complexity index is 563. The number of benzene rings is 1. The van der Waals surface area contributed by atoms with Crippen molar-refractivity contribution in [1.82, 2.24) is 9.78 Å². The molecule has 1 aliphatic heterocycles. The van der Waals surface area contributed by atoms with E-state index in [1.54, 1.807) is 11.8 Å². The molecule has 1 aromatic carbocycles. The summed E-state index contributed by atoms with van der Waals surface area (Å²) >= 11 is 4.14. The molecule has 0 aliphatic carbocycles. The van der Waals surface area contributed by atoms with E-state index in [0.717, 1.165) is 18.5 Å². The topological polar surface area (TPSA) is 27.1 Å². The number of thioether (sulfide) groups is 1. The number of ether oxygens (including phenoxy) is 1. The lowest BCUT2D eigenvalue weighted by Gasteiger charge is -2.24. The molecular formula is C13H15IN2OS. The van der Waals surface area contributed by atoms with Crippen LogP contribution in [0, 0.1) is 3.57 Å². The molecular weight excluding hydrogens is 359 g/mol. The maximum absolute atomic E-state index is 5.86. The maximum Gasteiger partial charge on any atom is 0.151 e. The monoisotopic (exact) mass is 374 g/mol. The van der Waals surface area contributed by atoms with E-state index in [9.17, 15) is 0 Å². The van der Waals surface area contributed by atoms with E-state index in [-0.39, 0.29) is 6.23 Å². The van der Waals surface area contributed by atoms with Crippen LogP contribution in [0.3, 0.4) is 0 Å². The van der Waals surface area contributed by atoms with Gasteiger partial charge in [-0.15, -0.1) is 11.8 Å². The minimum Gasteiger partial charge on any atom is -0.356 e. The van der Waals surface area contributed by atoms with Gasteiger partial charge in [-0.2, -0.15) is 5.10 Å². The number of rotatable bonds is 2. The third-order valence-electron chi connectivity index (χ3n) is 3.25. The Balaban J connectivity index is 2.13. The Labute approximate surface area is 124 Å². The summed E-state index contributed by atoms with van der Waals surface area (Å²) in [5.74, 6) is 0. The van der Waals surface area contributed by atoms with Crippen molar-refractivity contribution in [3.8, 4) is 0 Å². The summed E-state index contributed by atoms with van der Waals surface area (Å²) < 4.78 is 9.20. The Morgan fingerprint density at radius 3 is 3.06 bits per heavy atom. The molecule has 1 aliphatic rings. The van der Waals surface area contributed by atoms with Crippen molar-refractivity contribution in [3.63, 3.8) is 0 Å². The third-order valence-corrected chi connectivity index (χ3v) is 4.93. The third kappa shape index (κ3) is 2.16. The van der Waals surface area contributed by atoms with Crippen LogP contribution in [-0.2, 0) is 4.74 Å². The van der Waals surface area contributed by atoms with Gasteiger partial charge in [0, 0.05) is 15.6 Å². The largest absolute Gasteiger partial charge is 0.356 e. The van der Waals surface area contributed by atoms with Crippen molar-refractivity contribution in [3.05, 3.63) is 21.8 Å². The van der Waals surface area contributed by atoms with Crippen molar-refractivity contribution in [2.24, 2.45) is 0 Å². The van der Waals surface area contributed by atoms with Crippen LogP contribution < -0.4 is 0 Å². The smallest absolute Gasteiger partial charge is 0.151 e. The molecule has 18 heavy (non-hydrogen) atoms. The van der Waals surface area contributed by atoms with Gasteiger partial charge in [0.25, 0.3) is 0 Å². The predicted molar refractivity (Wildman–Crippen MR) is 83.1 cm³/mol. The van der Waals surface area contributed by atoms with Crippen LogP contribution in [0.25, 0.3) is 10.9 Å². The lowest BCUT2D eigenvalue weighted by Crippen LogP contribution is -2.19. The number of aromatic nitrogens is 2. The Morgan fingerprint density at radius 1 is 1.44 bits per heavy atom. The molecule has 0 N–H and O–H groups in total. The molecule has 2 aromatic rings. The van der Waals surface area contributed by atoms with E-state index in [1.807, 2.05) is 0 Å². The molecule has 2 heterocycles. The van der Waals surface area contributed by atoms with Crippen LogP contribution in [0.15, 0.2) is 23.2 Å². The molecule has 0 radical (unpaired) electrons. The van der Waals surface area contributed by atoms with Crippen LogP contribution in [0.5, 0.6) is 0 Å². The number of halogens is 1. The molecule has 0 amide bonds. The maximum atomic E-state index is 5.86. The van der Waals surface area contributed by atoms with Crippen LogP contribution in [-0.4, -0.2) is 22.6 Å². The normalized spacial score (nSPS) is 20.4. The van der Waals surface area contributed by atoms with Gasteiger partial charge in [0.1, 0.15) is 5.03 Å². The number of fused-ring (bicyclic) bond motifs is 1. The van der Waals surface area contributed by atoms with Gasteiger partial charge >= 0.3 is 0 Å². The summed E-state index contributed by atoms with van der Waals surface area (Å²) in [6.07, 6.45) is 5.69. The van der Waals surface area contributed by atoms with Crippen molar-refractivity contribution in [2.75, 3.05) is 12.9 Å². The molecule has 3 rings (SSSR count). The molecule has 0 spiro atoms. The highest BCUT2D eigenvalue weighted by Gasteiger charge is 2.22. The highest BCUT2D eigenvalue weighted by Crippen LogP contribution is 2.34. The lowest BCUT2D eigenvalue weighted by atomic mass is 10.2. The summed E-state index contributed by atoms with van der Waals surface area (Å²) in [7, 11) is 0. The Kier molecular flexibility index (Phi) is 3.81. The molecule has 96 valence electrons. The molecule has 1 atom stereocenters. The predicted octanol–water partition coefficient (Wildman–Crippen LogP) is 4.06. The van der Waals surface area contributed by atoms with E-state index < -0.39 is 0 Å². The molecule has 0 bridgehead atoms. The van der Waals surface area contributed by atoms with Gasteiger partial charge in [0.2, 0.25) is 0 Å². The molecule has 0 saturated carbocycles. The average Bonchev–Trinajstić information content (AvgIpc) is 2.79. The van der Waals surface area contributed by atoms with Crippen molar-refractivity contribution in [2.45, 2.75) is 30.5 Å². The first-order valence-corrected chi connectivity index (χ1v) is 8.44. The minimum atomic E-state index is 0.115. The Morgan fingerprint density at radius 2 is 2.33 bits per heavy atom. The number of hydrogen-bond donors (Lipinski definition) is 0. The summed E-state index contributed by atoms with van der Waals surface area (Å²) in [5, 5.41) is 7.22. The number of nitrogens with zero attached hydrogens (tertiary/aromatic N) is 2. The number of hydrogen-bond acceptors (Lipinski definition) is 3. The average molecular weight is 374 g/mol. The standard InChI is InChI=1S/C13H15IN2OS/c1-18-13-12-9(14)5-4-6-10(12)15-16(13)11-7-2-3-8-17-11/h4-6,11H,2-3,7-8H2,1H3. The van der Waals surface area contributed by atoms with E-state index in [0.29, 0.717) is 0 Å².